The fourth-order valence-corrected chi connectivity index (χ4v) is 2.25. The predicted molar refractivity (Wildman–Crippen MR) is 71.4 cm³/mol. The molecule has 98 valence electrons. The zero-order valence-electron chi connectivity index (χ0n) is 11.6. The van der Waals surface area contributed by atoms with Crippen molar-refractivity contribution in [3.8, 4) is 0 Å². The lowest BCUT2D eigenvalue weighted by atomic mass is 10.2. The van der Waals surface area contributed by atoms with Crippen LogP contribution in [0.15, 0.2) is 12.3 Å². The molecule has 1 N–H and O–H groups in total. The van der Waals surface area contributed by atoms with Crippen molar-refractivity contribution < 1.29 is 0 Å². The molecular formula is C13H21N5. The molecule has 0 radical (unpaired) electrons. The fourth-order valence-electron chi connectivity index (χ4n) is 2.25. The van der Waals surface area contributed by atoms with Crippen molar-refractivity contribution in [2.75, 3.05) is 7.05 Å². The van der Waals surface area contributed by atoms with Gasteiger partial charge in [0, 0.05) is 49.7 Å². The molecule has 5 nitrogen and oxygen atoms in total. The van der Waals surface area contributed by atoms with Crippen molar-refractivity contribution in [3.63, 3.8) is 0 Å². The van der Waals surface area contributed by atoms with Gasteiger partial charge in [0.1, 0.15) is 0 Å². The molecule has 0 aliphatic carbocycles. The van der Waals surface area contributed by atoms with E-state index in [0.717, 1.165) is 25.2 Å². The van der Waals surface area contributed by atoms with Gasteiger partial charge in [0.05, 0.1) is 5.69 Å². The van der Waals surface area contributed by atoms with E-state index in [9.17, 15) is 0 Å². The Labute approximate surface area is 108 Å². The molecule has 0 spiro atoms. The van der Waals surface area contributed by atoms with E-state index in [4.69, 9.17) is 0 Å². The van der Waals surface area contributed by atoms with Gasteiger partial charge in [-0.05, 0) is 27.0 Å². The summed E-state index contributed by atoms with van der Waals surface area (Å²) in [7, 11) is 3.94. The van der Waals surface area contributed by atoms with Crippen LogP contribution in [0.25, 0.3) is 0 Å². The normalized spacial score (nSPS) is 11.1. The van der Waals surface area contributed by atoms with Crippen molar-refractivity contribution in [1.29, 1.82) is 0 Å². The summed E-state index contributed by atoms with van der Waals surface area (Å²) >= 11 is 0. The number of nitrogens with one attached hydrogen (secondary N) is 1. The van der Waals surface area contributed by atoms with Crippen LogP contribution >= 0.6 is 0 Å². The second-order valence-corrected chi connectivity index (χ2v) is 4.60. The van der Waals surface area contributed by atoms with Crippen LogP contribution in [-0.2, 0) is 26.6 Å². The summed E-state index contributed by atoms with van der Waals surface area (Å²) < 4.78 is 4.01. The van der Waals surface area contributed by atoms with Crippen LogP contribution in [0.3, 0.4) is 0 Å². The molecule has 0 fully saturated rings. The summed E-state index contributed by atoms with van der Waals surface area (Å²) in [6.07, 6.45) is 2.79. The minimum atomic E-state index is 0.878. The van der Waals surface area contributed by atoms with Gasteiger partial charge >= 0.3 is 0 Å². The van der Waals surface area contributed by atoms with Crippen molar-refractivity contribution in [2.45, 2.75) is 33.4 Å². The maximum atomic E-state index is 4.60. The van der Waals surface area contributed by atoms with Crippen LogP contribution < -0.4 is 5.32 Å². The van der Waals surface area contributed by atoms with Crippen LogP contribution in [0.1, 0.15) is 22.6 Å². The lowest BCUT2D eigenvalue weighted by Gasteiger charge is -2.06. The maximum absolute atomic E-state index is 4.60. The fraction of sp³-hybridized carbons (Fsp3) is 0.538. The molecule has 0 bridgehead atoms. The largest absolute Gasteiger partial charge is 0.316 e. The highest BCUT2D eigenvalue weighted by Gasteiger charge is 2.10. The molecule has 0 amide bonds. The predicted octanol–water partition coefficient (Wildman–Crippen LogP) is 1.20. The molecule has 0 aromatic carbocycles. The summed E-state index contributed by atoms with van der Waals surface area (Å²) in [5, 5.41) is 12.0. The molecule has 0 saturated heterocycles. The minimum Gasteiger partial charge on any atom is -0.316 e. The van der Waals surface area contributed by atoms with E-state index >= 15 is 0 Å². The molecule has 2 rings (SSSR count). The highest BCUT2D eigenvalue weighted by atomic mass is 15.3. The van der Waals surface area contributed by atoms with Crippen LogP contribution in [-0.4, -0.2) is 26.6 Å². The number of rotatable bonds is 5. The van der Waals surface area contributed by atoms with Gasteiger partial charge in [-0.2, -0.15) is 10.2 Å². The summed E-state index contributed by atoms with van der Waals surface area (Å²) in [4.78, 5) is 0. The van der Waals surface area contributed by atoms with Crippen LogP contribution in [0.5, 0.6) is 0 Å². The van der Waals surface area contributed by atoms with Gasteiger partial charge in [-0.3, -0.25) is 9.36 Å². The van der Waals surface area contributed by atoms with E-state index < -0.39 is 0 Å². The Balaban J connectivity index is 2.10. The first-order valence-corrected chi connectivity index (χ1v) is 6.28. The third-order valence-electron chi connectivity index (χ3n) is 3.39. The summed E-state index contributed by atoms with van der Waals surface area (Å²) in [5.74, 6) is 0. The number of hydrogen-bond donors (Lipinski definition) is 1. The average Bonchev–Trinajstić information content (AvgIpc) is 2.86. The van der Waals surface area contributed by atoms with Crippen LogP contribution in [0.4, 0.5) is 0 Å². The van der Waals surface area contributed by atoms with Crippen LogP contribution in [0.2, 0.25) is 0 Å². The second-order valence-electron chi connectivity index (χ2n) is 4.60. The van der Waals surface area contributed by atoms with Crippen LogP contribution in [0, 0.1) is 13.8 Å². The Hall–Kier alpha value is -1.62. The molecule has 0 unspecified atom stereocenters. The van der Waals surface area contributed by atoms with Crippen molar-refractivity contribution in [1.82, 2.24) is 24.9 Å². The lowest BCUT2D eigenvalue weighted by molar-refractivity contribution is 0.570. The van der Waals surface area contributed by atoms with Gasteiger partial charge in [-0.25, -0.2) is 0 Å². The second kappa shape index (κ2) is 5.35. The molecule has 0 atom stereocenters. The first-order chi connectivity index (χ1) is 8.63. The number of hydrogen-bond acceptors (Lipinski definition) is 3. The Kier molecular flexibility index (Phi) is 3.81. The van der Waals surface area contributed by atoms with Gasteiger partial charge in [-0.15, -0.1) is 0 Å². The molecule has 2 aromatic heterocycles. The maximum Gasteiger partial charge on any atom is 0.0641 e. The smallest absolute Gasteiger partial charge is 0.0641 e. The number of aryl methyl sites for hydroxylation is 4. The van der Waals surface area contributed by atoms with Gasteiger partial charge in [0.2, 0.25) is 0 Å². The molecule has 0 saturated carbocycles. The molecule has 2 heterocycles. The molecule has 0 aliphatic heterocycles. The summed E-state index contributed by atoms with van der Waals surface area (Å²) in [6.45, 7) is 5.98. The van der Waals surface area contributed by atoms with E-state index in [1.165, 1.54) is 17.0 Å². The molecular weight excluding hydrogens is 226 g/mol. The standard InChI is InChI=1S/C13H21N5/c1-10-13(9-14-3)11(2)18(16-10)8-6-12-5-7-15-17(12)4/h5,7,14H,6,8-9H2,1-4H3. The van der Waals surface area contributed by atoms with E-state index in [1.807, 2.05) is 25.0 Å². The first-order valence-electron chi connectivity index (χ1n) is 6.28. The lowest BCUT2D eigenvalue weighted by Crippen LogP contribution is -2.10. The van der Waals surface area contributed by atoms with E-state index in [2.05, 4.69) is 40.1 Å². The molecule has 18 heavy (non-hydrogen) atoms. The third kappa shape index (κ3) is 2.46. The number of nitrogens with zero attached hydrogens (tertiary/aromatic N) is 4. The van der Waals surface area contributed by atoms with E-state index in [1.54, 1.807) is 0 Å². The Morgan fingerprint density at radius 1 is 1.33 bits per heavy atom. The Bertz CT molecular complexity index is 523. The van der Waals surface area contributed by atoms with E-state index in [-0.39, 0.29) is 0 Å². The zero-order chi connectivity index (χ0) is 13.1. The average molecular weight is 247 g/mol. The highest BCUT2D eigenvalue weighted by molar-refractivity contribution is 5.24. The molecule has 5 heteroatoms. The Morgan fingerprint density at radius 3 is 2.72 bits per heavy atom. The summed E-state index contributed by atoms with van der Waals surface area (Å²) in [6, 6.07) is 2.06. The van der Waals surface area contributed by atoms with Crippen molar-refractivity contribution >= 4 is 0 Å². The van der Waals surface area contributed by atoms with Crippen molar-refractivity contribution in [3.05, 3.63) is 34.9 Å². The molecule has 2 aromatic rings. The van der Waals surface area contributed by atoms with Crippen molar-refractivity contribution in [2.24, 2.45) is 7.05 Å². The van der Waals surface area contributed by atoms with E-state index in [0.29, 0.717) is 0 Å². The summed E-state index contributed by atoms with van der Waals surface area (Å²) in [5.41, 5.74) is 4.91. The Morgan fingerprint density at radius 2 is 2.11 bits per heavy atom. The van der Waals surface area contributed by atoms with Gasteiger partial charge < -0.3 is 5.32 Å². The quantitative estimate of drug-likeness (QED) is 0.863. The SMILES string of the molecule is CNCc1c(C)nn(CCc2ccnn2C)c1C. The highest BCUT2D eigenvalue weighted by Crippen LogP contribution is 2.13. The van der Waals surface area contributed by atoms with Gasteiger partial charge in [0.15, 0.2) is 0 Å². The monoisotopic (exact) mass is 247 g/mol. The molecule has 0 aliphatic rings. The minimum absolute atomic E-state index is 0.878. The van der Waals surface area contributed by atoms with Gasteiger partial charge in [-0.1, -0.05) is 0 Å². The van der Waals surface area contributed by atoms with Gasteiger partial charge in [0.25, 0.3) is 0 Å². The number of aromatic nitrogens is 4. The first kappa shape index (κ1) is 12.8. The topological polar surface area (TPSA) is 47.7 Å². The zero-order valence-corrected chi connectivity index (χ0v) is 11.6. The third-order valence-corrected chi connectivity index (χ3v) is 3.39.